The average Bonchev–Trinajstić information content (AvgIpc) is 4.12. The minimum Gasteiger partial charge on any atom is -0.154 e. The second-order valence-electron chi connectivity index (χ2n) is 15.5. The second kappa shape index (κ2) is 14.3. The number of benzene rings is 7. The minimum atomic E-state index is 0.511. The Morgan fingerprint density at radius 1 is 0.180 bits per heavy atom. The molecule has 0 saturated carbocycles. The van der Waals surface area contributed by atoms with E-state index >= 15 is 0 Å². The fourth-order valence-electron chi connectivity index (χ4n) is 9.21. The first-order valence-electron chi connectivity index (χ1n) is 20.5. The van der Waals surface area contributed by atoms with E-state index in [2.05, 4.69) is 133 Å². The van der Waals surface area contributed by atoms with E-state index in [0.29, 0.717) is 19.3 Å². The molecule has 286 valence electrons. The highest BCUT2D eigenvalue weighted by molar-refractivity contribution is 6.32. The molecule has 0 N–H and O–H groups in total. The summed E-state index contributed by atoms with van der Waals surface area (Å²) in [5.41, 5.74) is 22.2. The van der Waals surface area contributed by atoms with Crippen molar-refractivity contribution in [3.63, 3.8) is 0 Å². The zero-order chi connectivity index (χ0) is 40.3. The van der Waals surface area contributed by atoms with Crippen LogP contribution in [-0.2, 0) is 0 Å². The molecule has 8 nitrogen and oxygen atoms in total. The quantitative estimate of drug-likeness (QED) is 0.159. The third kappa shape index (κ3) is 5.83. The maximum absolute atomic E-state index is 4.90. The normalized spacial score (nSPS) is 19.1. The first-order valence-corrected chi connectivity index (χ1v) is 20.5. The zero-order valence-corrected chi connectivity index (χ0v) is 32.9. The molecule has 0 saturated heterocycles. The molecule has 7 aromatic carbocycles. The van der Waals surface area contributed by atoms with Crippen LogP contribution in [0.25, 0.3) is 22.3 Å². The Morgan fingerprint density at radius 3 is 0.557 bits per heavy atom. The second-order valence-corrected chi connectivity index (χ2v) is 15.5. The van der Waals surface area contributed by atoms with Crippen molar-refractivity contribution < 1.29 is 0 Å². The van der Waals surface area contributed by atoms with Crippen LogP contribution in [0.5, 0.6) is 0 Å². The van der Waals surface area contributed by atoms with Crippen molar-refractivity contribution in [1.29, 1.82) is 0 Å². The van der Waals surface area contributed by atoms with E-state index in [1.54, 1.807) is 0 Å². The van der Waals surface area contributed by atoms with Gasteiger partial charge >= 0.3 is 0 Å². The third-order valence-electron chi connectivity index (χ3n) is 12.1. The largest absolute Gasteiger partial charge is 0.154 e. The molecule has 5 aliphatic rings. The standard InChI is InChI=1S/C53H34N8/c1-11-25-42-32(15-1)33-16-2-12-26-43(33)52(42)60-58-50-30-48(38-21-7-9-23-40(38)50)56-54-46-29-47(37-20-6-5-19-36(37)46)55-57-49-31-51(41-24-10-8-22-39(41)49)59-61-53-44-27-13-3-17-34(44)35-18-4-14-28-45(35)53/h1-28H,29-31H2/b54-46+,55-47+,56-48+,57-49+,58-50+,59-51+. The van der Waals surface area contributed by atoms with E-state index in [1.165, 1.54) is 22.3 Å². The highest BCUT2D eigenvalue weighted by Gasteiger charge is 2.30. The zero-order valence-electron chi connectivity index (χ0n) is 32.9. The number of hydrogen-bond donors (Lipinski definition) is 0. The molecule has 0 aromatic heterocycles. The van der Waals surface area contributed by atoms with E-state index < -0.39 is 0 Å². The van der Waals surface area contributed by atoms with Crippen molar-refractivity contribution in [2.24, 2.45) is 40.8 Å². The molecule has 61 heavy (non-hydrogen) atoms. The molecule has 5 aliphatic carbocycles. The van der Waals surface area contributed by atoms with Gasteiger partial charge in [0, 0.05) is 74.9 Å². The molecule has 0 amide bonds. The average molecular weight is 783 g/mol. The van der Waals surface area contributed by atoms with Crippen molar-refractivity contribution in [3.8, 4) is 22.3 Å². The van der Waals surface area contributed by atoms with Crippen molar-refractivity contribution >= 4 is 45.7 Å². The van der Waals surface area contributed by atoms with Gasteiger partial charge in [0.2, 0.25) is 0 Å². The lowest BCUT2D eigenvalue weighted by atomic mass is 10.1. The van der Waals surface area contributed by atoms with Crippen LogP contribution in [0.15, 0.2) is 211 Å². The number of nitrogens with zero attached hydrogens (tertiary/aromatic N) is 8. The topological polar surface area (TPSA) is 98.9 Å². The molecule has 7 aromatic rings. The summed E-state index contributed by atoms with van der Waals surface area (Å²) >= 11 is 0. The van der Waals surface area contributed by atoms with Gasteiger partial charge in [-0.1, -0.05) is 170 Å². The van der Waals surface area contributed by atoms with Crippen LogP contribution in [-0.4, -0.2) is 45.7 Å². The van der Waals surface area contributed by atoms with Gasteiger partial charge in [-0.2, -0.15) is 30.6 Å². The lowest BCUT2D eigenvalue weighted by molar-refractivity contribution is 1.18. The van der Waals surface area contributed by atoms with Crippen LogP contribution >= 0.6 is 0 Å². The van der Waals surface area contributed by atoms with Crippen molar-refractivity contribution in [2.75, 3.05) is 0 Å². The molecular weight excluding hydrogens is 749 g/mol. The fraction of sp³-hybridized carbons (Fsp3) is 0.0566. The molecule has 0 radical (unpaired) electrons. The summed E-state index contributed by atoms with van der Waals surface area (Å²) in [5, 5.41) is 39.1. The van der Waals surface area contributed by atoms with Gasteiger partial charge in [-0.3, -0.25) is 0 Å². The fourth-order valence-corrected chi connectivity index (χ4v) is 9.21. The van der Waals surface area contributed by atoms with Gasteiger partial charge in [0.25, 0.3) is 0 Å². The van der Waals surface area contributed by atoms with Crippen molar-refractivity contribution in [1.82, 2.24) is 0 Å². The molecule has 0 spiro atoms. The monoisotopic (exact) mass is 782 g/mol. The molecule has 0 unspecified atom stereocenters. The summed E-state index contributed by atoms with van der Waals surface area (Å²) in [4.78, 5) is 0. The minimum absolute atomic E-state index is 0.511. The van der Waals surface area contributed by atoms with E-state index in [-0.39, 0.29) is 0 Å². The molecule has 12 rings (SSSR count). The predicted molar refractivity (Wildman–Crippen MR) is 247 cm³/mol. The molecular formula is C53H34N8. The molecule has 0 bridgehead atoms. The van der Waals surface area contributed by atoms with Gasteiger partial charge in [0.15, 0.2) is 0 Å². The Bertz CT molecular complexity index is 2970. The van der Waals surface area contributed by atoms with Crippen LogP contribution in [0.1, 0.15) is 74.9 Å². The summed E-state index contributed by atoms with van der Waals surface area (Å²) in [6, 6.07) is 58.3. The van der Waals surface area contributed by atoms with E-state index in [9.17, 15) is 0 Å². The molecule has 0 fully saturated rings. The van der Waals surface area contributed by atoms with E-state index in [1.807, 2.05) is 36.4 Å². The lowest BCUT2D eigenvalue weighted by Crippen LogP contribution is -2.01. The predicted octanol–water partition coefficient (Wildman–Crippen LogP) is 10.7. The van der Waals surface area contributed by atoms with E-state index in [4.69, 9.17) is 40.8 Å². The molecule has 8 heteroatoms. The van der Waals surface area contributed by atoms with Crippen LogP contribution in [0.3, 0.4) is 0 Å². The van der Waals surface area contributed by atoms with Crippen LogP contribution in [0.2, 0.25) is 0 Å². The van der Waals surface area contributed by atoms with Gasteiger partial charge in [-0.15, -0.1) is 10.2 Å². The Labute approximate surface area is 352 Å². The van der Waals surface area contributed by atoms with Gasteiger partial charge < -0.3 is 0 Å². The van der Waals surface area contributed by atoms with Gasteiger partial charge in [0.05, 0.1) is 34.3 Å². The number of fused-ring (bicyclic) bond motifs is 9. The Hall–Kier alpha value is -8.10. The van der Waals surface area contributed by atoms with E-state index in [0.717, 1.165) is 101 Å². The maximum Gasteiger partial charge on any atom is 0.101 e. The highest BCUT2D eigenvalue weighted by atomic mass is 15.3. The van der Waals surface area contributed by atoms with Crippen molar-refractivity contribution in [3.05, 3.63) is 225 Å². The molecule has 0 atom stereocenters. The smallest absolute Gasteiger partial charge is 0.101 e. The first-order chi connectivity index (χ1) is 30.3. The maximum atomic E-state index is 4.90. The van der Waals surface area contributed by atoms with Gasteiger partial charge in [-0.25, -0.2) is 0 Å². The Balaban J connectivity index is 0.847. The van der Waals surface area contributed by atoms with Gasteiger partial charge in [0.1, 0.15) is 11.4 Å². The Kier molecular flexibility index (Phi) is 8.19. The molecule has 0 aliphatic heterocycles. The SMILES string of the molecule is c1ccc2c(c1)C(=N/N=C1\C/C(=N\N=C3/C/C(=N\N=C4/C/C(=N\N=C5c6ccccc6-c6ccccc65)c5ccccc54)c4ccccc43)c3ccccc31)c1ccccc1-2. The summed E-state index contributed by atoms with van der Waals surface area (Å²) in [7, 11) is 0. The van der Waals surface area contributed by atoms with Crippen LogP contribution < -0.4 is 0 Å². The third-order valence-corrected chi connectivity index (χ3v) is 12.1. The van der Waals surface area contributed by atoms with Crippen LogP contribution in [0, 0.1) is 0 Å². The van der Waals surface area contributed by atoms with Crippen molar-refractivity contribution in [2.45, 2.75) is 19.3 Å². The number of hydrogen-bond acceptors (Lipinski definition) is 8. The lowest BCUT2D eigenvalue weighted by Gasteiger charge is -2.00. The number of rotatable bonds is 4. The Morgan fingerprint density at radius 2 is 0.344 bits per heavy atom. The highest BCUT2D eigenvalue weighted by Crippen LogP contribution is 2.38. The molecule has 0 heterocycles. The summed E-state index contributed by atoms with van der Waals surface area (Å²) < 4.78 is 0. The van der Waals surface area contributed by atoms with Crippen LogP contribution in [0.4, 0.5) is 0 Å². The summed E-state index contributed by atoms with van der Waals surface area (Å²) in [6.07, 6.45) is 1.57. The summed E-state index contributed by atoms with van der Waals surface area (Å²) in [5.74, 6) is 0. The summed E-state index contributed by atoms with van der Waals surface area (Å²) in [6.45, 7) is 0. The van der Waals surface area contributed by atoms with Gasteiger partial charge in [-0.05, 0) is 22.3 Å². The first kappa shape index (κ1) is 34.9.